The van der Waals surface area contributed by atoms with Crippen LogP contribution in [0.15, 0.2) is 24.6 Å². The summed E-state index contributed by atoms with van der Waals surface area (Å²) >= 11 is 0. The lowest BCUT2D eigenvalue weighted by Gasteiger charge is -2.22. The molecule has 1 N–H and O–H groups in total. The van der Waals surface area contributed by atoms with Crippen LogP contribution >= 0.6 is 0 Å². The number of hydrogen-bond donors (Lipinski definition) is 1. The summed E-state index contributed by atoms with van der Waals surface area (Å²) in [6.07, 6.45) is 1.31. The van der Waals surface area contributed by atoms with E-state index in [1.807, 2.05) is 13.0 Å². The highest BCUT2D eigenvalue weighted by Gasteiger charge is 2.37. The molecule has 35 heavy (non-hydrogen) atoms. The molecule has 0 radical (unpaired) electrons. The molecule has 0 amide bonds. The number of nitrogens with zero attached hydrogens (tertiary/aromatic N) is 6. The van der Waals surface area contributed by atoms with Crippen molar-refractivity contribution in [2.75, 3.05) is 51.9 Å². The second-order valence-corrected chi connectivity index (χ2v) is 8.46. The summed E-state index contributed by atoms with van der Waals surface area (Å²) in [5, 5.41) is 9.47. The fourth-order valence-electron chi connectivity index (χ4n) is 3.56. The van der Waals surface area contributed by atoms with Crippen molar-refractivity contribution in [2.45, 2.75) is 32.5 Å². The van der Waals surface area contributed by atoms with Crippen molar-refractivity contribution in [1.29, 1.82) is 0 Å². The van der Waals surface area contributed by atoms with Crippen molar-refractivity contribution in [1.82, 2.24) is 24.8 Å². The SMILES string of the molecule is CCCN(CCO)c1nc(O/C=C/C2CCOC2)cc(-c2cnc(CN(C)C)nc2C(F)(F)F)n1. The topological polar surface area (TPSA) is 96.7 Å². The predicted molar refractivity (Wildman–Crippen MR) is 124 cm³/mol. The van der Waals surface area contributed by atoms with Gasteiger partial charge in [0.25, 0.3) is 0 Å². The summed E-state index contributed by atoms with van der Waals surface area (Å²) in [5.41, 5.74) is -1.38. The van der Waals surface area contributed by atoms with E-state index in [9.17, 15) is 18.3 Å². The zero-order valence-electron chi connectivity index (χ0n) is 20.1. The first-order chi connectivity index (χ1) is 16.7. The summed E-state index contributed by atoms with van der Waals surface area (Å²) in [5.74, 6) is 0.476. The molecule has 0 aliphatic carbocycles. The monoisotopic (exact) mass is 496 g/mol. The molecule has 3 heterocycles. The Morgan fingerprint density at radius 3 is 2.66 bits per heavy atom. The zero-order chi connectivity index (χ0) is 25.4. The minimum absolute atomic E-state index is 0.0228. The van der Waals surface area contributed by atoms with Gasteiger partial charge in [-0.25, -0.2) is 15.0 Å². The Morgan fingerprint density at radius 1 is 1.23 bits per heavy atom. The van der Waals surface area contributed by atoms with Crippen LogP contribution in [0.2, 0.25) is 0 Å². The summed E-state index contributed by atoms with van der Waals surface area (Å²) in [7, 11) is 3.44. The van der Waals surface area contributed by atoms with Gasteiger partial charge < -0.3 is 24.4 Å². The molecule has 3 rings (SSSR count). The van der Waals surface area contributed by atoms with E-state index in [-0.39, 0.29) is 54.5 Å². The molecule has 1 saturated heterocycles. The van der Waals surface area contributed by atoms with Crippen molar-refractivity contribution in [2.24, 2.45) is 5.92 Å². The van der Waals surface area contributed by atoms with Gasteiger partial charge in [-0.15, -0.1) is 0 Å². The normalized spacial score (nSPS) is 16.4. The highest BCUT2D eigenvalue weighted by molar-refractivity contribution is 5.64. The highest BCUT2D eigenvalue weighted by Crippen LogP contribution is 2.36. The Hall–Kier alpha value is -2.83. The fraction of sp³-hybridized carbons (Fsp3) is 0.565. The smallest absolute Gasteiger partial charge is 0.434 e. The van der Waals surface area contributed by atoms with Gasteiger partial charge in [-0.3, -0.25) is 0 Å². The molecule has 1 fully saturated rings. The van der Waals surface area contributed by atoms with Crippen molar-refractivity contribution in [3.8, 4) is 17.1 Å². The summed E-state index contributed by atoms with van der Waals surface area (Å²) in [6, 6.07) is 1.33. The van der Waals surface area contributed by atoms with Crippen LogP contribution < -0.4 is 9.64 Å². The standard InChI is InChI=1S/C23H31F3N6O3/c1-4-7-32(8-9-33)22-28-18(12-20(30-22)35-11-6-16-5-10-34-15-16)17-13-27-19(14-31(2)3)29-21(17)23(24,25)26/h6,11-13,16,33H,4-5,7-10,14-15H2,1-3H3/b11-6+. The summed E-state index contributed by atoms with van der Waals surface area (Å²) < 4.78 is 53.0. The molecule has 2 aromatic rings. The van der Waals surface area contributed by atoms with E-state index in [0.29, 0.717) is 19.8 Å². The van der Waals surface area contributed by atoms with E-state index in [1.54, 1.807) is 23.9 Å². The summed E-state index contributed by atoms with van der Waals surface area (Å²) in [6.45, 7) is 3.92. The zero-order valence-corrected chi connectivity index (χ0v) is 20.1. The molecule has 1 atom stereocenters. The van der Waals surface area contributed by atoms with Gasteiger partial charge >= 0.3 is 6.18 Å². The van der Waals surface area contributed by atoms with Crippen molar-refractivity contribution in [3.63, 3.8) is 0 Å². The maximum Gasteiger partial charge on any atom is 0.434 e. The van der Waals surface area contributed by atoms with Crippen molar-refractivity contribution < 1.29 is 27.8 Å². The van der Waals surface area contributed by atoms with Crippen LogP contribution in [0.4, 0.5) is 19.1 Å². The van der Waals surface area contributed by atoms with Crippen LogP contribution in [0.1, 0.15) is 31.3 Å². The van der Waals surface area contributed by atoms with Gasteiger partial charge in [-0.1, -0.05) is 6.92 Å². The van der Waals surface area contributed by atoms with Crippen molar-refractivity contribution in [3.05, 3.63) is 36.1 Å². The number of hydrogen-bond acceptors (Lipinski definition) is 9. The predicted octanol–water partition coefficient (Wildman–Crippen LogP) is 3.15. The lowest BCUT2D eigenvalue weighted by molar-refractivity contribution is -0.140. The third-order valence-corrected chi connectivity index (χ3v) is 5.18. The first kappa shape index (κ1) is 26.8. The largest absolute Gasteiger partial charge is 0.447 e. The van der Waals surface area contributed by atoms with Crippen molar-refractivity contribution >= 4 is 5.95 Å². The maximum absolute atomic E-state index is 14.0. The Balaban J connectivity index is 2.05. The molecular formula is C23H31F3N6O3. The van der Waals surface area contributed by atoms with Crippen LogP contribution in [0.3, 0.4) is 0 Å². The molecule has 1 aliphatic heterocycles. The van der Waals surface area contributed by atoms with Gasteiger partial charge in [-0.05, 0) is 33.0 Å². The number of anilines is 1. The van der Waals surface area contributed by atoms with E-state index < -0.39 is 11.9 Å². The third-order valence-electron chi connectivity index (χ3n) is 5.18. The first-order valence-corrected chi connectivity index (χ1v) is 11.5. The number of aromatic nitrogens is 4. The van der Waals surface area contributed by atoms with E-state index >= 15 is 0 Å². The lowest BCUT2D eigenvalue weighted by atomic mass is 10.1. The van der Waals surface area contributed by atoms with E-state index in [2.05, 4.69) is 19.9 Å². The molecule has 0 aromatic carbocycles. The fourth-order valence-corrected chi connectivity index (χ4v) is 3.56. The second-order valence-electron chi connectivity index (χ2n) is 8.46. The Kier molecular flexibility index (Phi) is 9.35. The van der Waals surface area contributed by atoms with E-state index in [4.69, 9.17) is 9.47 Å². The quantitative estimate of drug-likeness (QED) is 0.471. The minimum Gasteiger partial charge on any atom is -0.447 e. The van der Waals surface area contributed by atoms with Crippen LogP contribution in [-0.4, -0.2) is 76.9 Å². The number of alkyl halides is 3. The Morgan fingerprint density at radius 2 is 2.03 bits per heavy atom. The minimum atomic E-state index is -4.72. The van der Waals surface area contributed by atoms with Crippen LogP contribution in [0, 0.1) is 5.92 Å². The van der Waals surface area contributed by atoms with E-state index in [1.165, 1.54) is 12.3 Å². The van der Waals surface area contributed by atoms with Gasteiger partial charge in [0.15, 0.2) is 5.69 Å². The molecule has 0 spiro atoms. The molecule has 2 aromatic heterocycles. The van der Waals surface area contributed by atoms with Gasteiger partial charge in [0.1, 0.15) is 5.82 Å². The average molecular weight is 497 g/mol. The Bertz CT molecular complexity index is 991. The number of ether oxygens (including phenoxy) is 2. The second kappa shape index (κ2) is 12.2. The lowest BCUT2D eigenvalue weighted by Crippen LogP contribution is -2.29. The Labute approximate surface area is 202 Å². The number of rotatable bonds is 11. The van der Waals surface area contributed by atoms with Crippen LogP contribution in [-0.2, 0) is 17.5 Å². The average Bonchev–Trinajstić information content (AvgIpc) is 3.31. The molecule has 1 unspecified atom stereocenters. The first-order valence-electron chi connectivity index (χ1n) is 11.5. The number of aliphatic hydroxyl groups excluding tert-OH is 1. The van der Waals surface area contributed by atoms with Gasteiger partial charge in [0, 0.05) is 43.4 Å². The van der Waals surface area contributed by atoms with Crippen LogP contribution in [0.5, 0.6) is 5.88 Å². The summed E-state index contributed by atoms with van der Waals surface area (Å²) in [4.78, 5) is 20.1. The molecule has 192 valence electrons. The molecule has 0 saturated carbocycles. The maximum atomic E-state index is 14.0. The number of aliphatic hydroxyl groups is 1. The van der Waals surface area contributed by atoms with Gasteiger partial charge in [-0.2, -0.15) is 18.2 Å². The third kappa shape index (κ3) is 7.58. The molecule has 9 nitrogen and oxygen atoms in total. The van der Waals surface area contributed by atoms with Gasteiger partial charge in [0.2, 0.25) is 11.8 Å². The van der Waals surface area contributed by atoms with Gasteiger partial charge in [0.05, 0.1) is 31.7 Å². The molecule has 12 heteroatoms. The molecular weight excluding hydrogens is 465 g/mol. The van der Waals surface area contributed by atoms with Crippen LogP contribution in [0.25, 0.3) is 11.3 Å². The van der Waals surface area contributed by atoms with E-state index in [0.717, 1.165) is 19.0 Å². The molecule has 0 bridgehead atoms. The number of halogens is 3. The highest BCUT2D eigenvalue weighted by atomic mass is 19.4. The molecule has 1 aliphatic rings.